The van der Waals surface area contributed by atoms with E-state index in [4.69, 9.17) is 18.9 Å². The third kappa shape index (κ3) is 3.59. The van der Waals surface area contributed by atoms with E-state index in [-0.39, 0.29) is 17.9 Å². The molecule has 2 aromatic rings. The summed E-state index contributed by atoms with van der Waals surface area (Å²) < 4.78 is 22.3. The van der Waals surface area contributed by atoms with Crippen molar-refractivity contribution >= 4 is 5.91 Å². The van der Waals surface area contributed by atoms with E-state index in [0.29, 0.717) is 18.8 Å². The minimum atomic E-state index is -0.202. The minimum Gasteiger partial charge on any atom is -0.497 e. The summed E-state index contributed by atoms with van der Waals surface area (Å²) in [5.74, 6) is 2.95. The molecule has 4 rings (SSSR count). The van der Waals surface area contributed by atoms with Gasteiger partial charge in [-0.25, -0.2) is 0 Å². The van der Waals surface area contributed by atoms with Crippen LogP contribution in [0.1, 0.15) is 30.0 Å². The molecule has 2 aromatic carbocycles. The molecule has 1 fully saturated rings. The van der Waals surface area contributed by atoms with Crippen molar-refractivity contribution < 1.29 is 23.7 Å². The van der Waals surface area contributed by atoms with E-state index in [1.165, 1.54) is 0 Å². The molecule has 0 radical (unpaired) electrons. The molecule has 0 unspecified atom stereocenters. The molecule has 29 heavy (non-hydrogen) atoms. The van der Waals surface area contributed by atoms with Crippen LogP contribution in [0.25, 0.3) is 0 Å². The number of hydrogen-bond acceptors (Lipinski definition) is 5. The lowest BCUT2D eigenvalue weighted by molar-refractivity contribution is -0.138. The Hall–Kier alpha value is -2.89. The number of para-hydroxylation sites is 1. The summed E-state index contributed by atoms with van der Waals surface area (Å²) in [7, 11) is 4.94. The second kappa shape index (κ2) is 8.23. The topological polar surface area (TPSA) is 57.2 Å². The molecule has 0 bridgehead atoms. The minimum absolute atomic E-state index is 0.0146. The number of nitrogens with zero attached hydrogens (tertiary/aromatic N) is 1. The number of fused-ring (bicyclic) bond motifs is 1. The molecule has 154 valence electrons. The van der Waals surface area contributed by atoms with Gasteiger partial charge in [-0.05, 0) is 49.1 Å². The molecule has 0 spiro atoms. The molecule has 2 atom stereocenters. The summed E-state index contributed by atoms with van der Waals surface area (Å²) in [5, 5.41) is 0. The van der Waals surface area contributed by atoms with Gasteiger partial charge < -0.3 is 23.8 Å². The predicted octanol–water partition coefficient (Wildman–Crippen LogP) is 3.63. The third-order valence-corrected chi connectivity index (χ3v) is 5.86. The number of carbonyl (C=O) groups is 1. The Balaban J connectivity index is 1.57. The number of methoxy groups -OCH3 is 3. The molecule has 0 saturated carbocycles. The Labute approximate surface area is 171 Å². The molecule has 6 nitrogen and oxygen atoms in total. The van der Waals surface area contributed by atoms with Gasteiger partial charge in [-0.3, -0.25) is 4.79 Å². The first-order chi connectivity index (χ1) is 14.2. The van der Waals surface area contributed by atoms with E-state index in [0.717, 1.165) is 47.8 Å². The molecule has 2 aliphatic heterocycles. The number of amides is 1. The Morgan fingerprint density at radius 2 is 1.90 bits per heavy atom. The lowest BCUT2D eigenvalue weighted by Crippen LogP contribution is -2.40. The van der Waals surface area contributed by atoms with Gasteiger partial charge in [0.25, 0.3) is 0 Å². The van der Waals surface area contributed by atoms with Crippen LogP contribution in [0.15, 0.2) is 36.4 Å². The fraction of sp³-hybridized carbons (Fsp3) is 0.435. The van der Waals surface area contributed by atoms with E-state index < -0.39 is 0 Å². The number of carbonyl (C=O) groups excluding carboxylic acids is 1. The molecule has 1 saturated heterocycles. The number of hydrogen-bond donors (Lipinski definition) is 0. The molecule has 0 aromatic heterocycles. The van der Waals surface area contributed by atoms with Crippen LogP contribution in [0.5, 0.6) is 23.0 Å². The zero-order chi connectivity index (χ0) is 20.4. The lowest BCUT2D eigenvalue weighted by atomic mass is 9.94. The Morgan fingerprint density at radius 1 is 1.07 bits per heavy atom. The van der Waals surface area contributed by atoms with Crippen molar-refractivity contribution in [1.29, 1.82) is 0 Å². The summed E-state index contributed by atoms with van der Waals surface area (Å²) in [6.45, 7) is 1.11. The molecule has 6 heteroatoms. The van der Waals surface area contributed by atoms with E-state index in [1.54, 1.807) is 21.3 Å². The maximum atomic E-state index is 13.4. The summed E-state index contributed by atoms with van der Waals surface area (Å²) in [4.78, 5) is 15.4. The molecule has 2 aliphatic rings. The van der Waals surface area contributed by atoms with Crippen molar-refractivity contribution in [2.75, 3.05) is 34.5 Å². The largest absolute Gasteiger partial charge is 0.497 e. The highest BCUT2D eigenvalue weighted by molar-refractivity contribution is 5.81. The standard InChI is InChI=1S/C23H27NO5/c1-26-17-9-10-20(27-2)18(13-17)19-7-5-11-24(19)23(25)16-12-15-6-4-8-21(28-3)22(15)29-14-16/h4,6,8-10,13,16,19H,5,7,11-12,14H2,1-3H3/t16-,19-/m1/s1. The van der Waals surface area contributed by atoms with Crippen LogP contribution in [0.3, 0.4) is 0 Å². The van der Waals surface area contributed by atoms with Gasteiger partial charge in [-0.15, -0.1) is 0 Å². The maximum Gasteiger partial charge on any atom is 0.229 e. The molecular formula is C23H27NO5. The third-order valence-electron chi connectivity index (χ3n) is 5.86. The highest BCUT2D eigenvalue weighted by Crippen LogP contribution is 2.41. The highest BCUT2D eigenvalue weighted by Gasteiger charge is 2.37. The normalized spacial score (nSPS) is 20.6. The van der Waals surface area contributed by atoms with Crippen LogP contribution in [-0.4, -0.2) is 45.3 Å². The summed E-state index contributed by atoms with van der Waals surface area (Å²) in [5.41, 5.74) is 2.01. The number of rotatable bonds is 5. The van der Waals surface area contributed by atoms with Crippen molar-refractivity contribution in [3.05, 3.63) is 47.5 Å². The summed E-state index contributed by atoms with van der Waals surface area (Å²) in [6, 6.07) is 11.6. The van der Waals surface area contributed by atoms with Gasteiger partial charge in [0.2, 0.25) is 5.91 Å². The molecular weight excluding hydrogens is 370 g/mol. The first-order valence-corrected chi connectivity index (χ1v) is 9.97. The number of likely N-dealkylation sites (tertiary alicyclic amines) is 1. The van der Waals surface area contributed by atoms with Crippen molar-refractivity contribution in [3.8, 4) is 23.0 Å². The quantitative estimate of drug-likeness (QED) is 0.771. The van der Waals surface area contributed by atoms with Crippen molar-refractivity contribution in [2.45, 2.75) is 25.3 Å². The Morgan fingerprint density at radius 3 is 2.66 bits per heavy atom. The molecule has 0 aliphatic carbocycles. The van der Waals surface area contributed by atoms with Gasteiger partial charge in [0, 0.05) is 12.1 Å². The number of ether oxygens (including phenoxy) is 4. The second-order valence-electron chi connectivity index (χ2n) is 7.46. The van der Waals surface area contributed by atoms with Gasteiger partial charge in [0.1, 0.15) is 18.1 Å². The predicted molar refractivity (Wildman–Crippen MR) is 109 cm³/mol. The van der Waals surface area contributed by atoms with Crippen molar-refractivity contribution in [1.82, 2.24) is 4.90 Å². The molecule has 2 heterocycles. The van der Waals surface area contributed by atoms with Crippen molar-refractivity contribution in [2.24, 2.45) is 5.92 Å². The van der Waals surface area contributed by atoms with Crippen LogP contribution >= 0.6 is 0 Å². The van der Waals surface area contributed by atoms with E-state index in [9.17, 15) is 4.79 Å². The number of benzene rings is 2. The summed E-state index contributed by atoms with van der Waals surface area (Å²) in [6.07, 6.45) is 2.53. The van der Waals surface area contributed by atoms with Crippen molar-refractivity contribution in [3.63, 3.8) is 0 Å². The van der Waals surface area contributed by atoms with Gasteiger partial charge in [0.05, 0.1) is 33.3 Å². The first kappa shape index (κ1) is 19.4. The zero-order valence-electron chi connectivity index (χ0n) is 17.1. The second-order valence-corrected chi connectivity index (χ2v) is 7.46. The fourth-order valence-corrected chi connectivity index (χ4v) is 4.40. The Kier molecular flexibility index (Phi) is 5.51. The monoisotopic (exact) mass is 397 g/mol. The van der Waals surface area contributed by atoms with Crippen LogP contribution in [0, 0.1) is 5.92 Å². The SMILES string of the molecule is COc1ccc(OC)c([C@H]2CCCN2C(=O)[C@H]2COc3c(cccc3OC)C2)c1. The Bertz CT molecular complexity index is 897. The van der Waals surface area contributed by atoms with E-state index in [1.807, 2.05) is 41.3 Å². The van der Waals surface area contributed by atoms with Gasteiger partial charge >= 0.3 is 0 Å². The molecule has 0 N–H and O–H groups in total. The van der Waals surface area contributed by atoms with Crippen LogP contribution in [0.4, 0.5) is 0 Å². The zero-order valence-corrected chi connectivity index (χ0v) is 17.1. The smallest absolute Gasteiger partial charge is 0.229 e. The van der Waals surface area contributed by atoms with Crippen LogP contribution < -0.4 is 18.9 Å². The van der Waals surface area contributed by atoms with Crippen LogP contribution in [-0.2, 0) is 11.2 Å². The van der Waals surface area contributed by atoms with E-state index in [2.05, 4.69) is 0 Å². The van der Waals surface area contributed by atoms with Gasteiger partial charge in [-0.2, -0.15) is 0 Å². The average molecular weight is 397 g/mol. The van der Waals surface area contributed by atoms with Gasteiger partial charge in [-0.1, -0.05) is 12.1 Å². The fourth-order valence-electron chi connectivity index (χ4n) is 4.40. The average Bonchev–Trinajstić information content (AvgIpc) is 3.26. The van der Waals surface area contributed by atoms with E-state index >= 15 is 0 Å². The highest BCUT2D eigenvalue weighted by atomic mass is 16.5. The molecule has 1 amide bonds. The summed E-state index contributed by atoms with van der Waals surface area (Å²) >= 11 is 0. The maximum absolute atomic E-state index is 13.4. The first-order valence-electron chi connectivity index (χ1n) is 9.97. The van der Waals surface area contributed by atoms with Gasteiger partial charge in [0.15, 0.2) is 11.5 Å². The van der Waals surface area contributed by atoms with Crippen LogP contribution in [0.2, 0.25) is 0 Å². The lowest BCUT2D eigenvalue weighted by Gasteiger charge is -2.32.